The van der Waals surface area contributed by atoms with Gasteiger partial charge in [-0.15, -0.1) is 0 Å². The van der Waals surface area contributed by atoms with Gasteiger partial charge in [-0.25, -0.2) is 4.79 Å². The lowest BCUT2D eigenvalue weighted by Crippen LogP contribution is -2.51. The Balaban J connectivity index is 2.19. The third-order valence-corrected chi connectivity index (χ3v) is 4.42. The Morgan fingerprint density at radius 2 is 2.20 bits per heavy atom. The van der Waals surface area contributed by atoms with E-state index in [2.05, 4.69) is 21.2 Å². The van der Waals surface area contributed by atoms with Crippen LogP contribution < -0.4 is 5.32 Å². The fraction of sp³-hybridized carbons (Fsp3) is 0.533. The minimum atomic E-state index is -1.05. The molecule has 1 heterocycles. The summed E-state index contributed by atoms with van der Waals surface area (Å²) in [4.78, 5) is 11.8. The summed E-state index contributed by atoms with van der Waals surface area (Å²) in [6.45, 7) is 3.23. The van der Waals surface area contributed by atoms with Crippen molar-refractivity contribution in [2.24, 2.45) is 0 Å². The smallest absolute Gasteiger partial charge is 0.328 e. The largest absolute Gasteiger partial charge is 0.480 e. The zero-order valence-corrected chi connectivity index (χ0v) is 13.1. The quantitative estimate of drug-likeness (QED) is 0.835. The Bertz CT molecular complexity index is 457. The molecule has 0 radical (unpaired) electrons. The van der Waals surface area contributed by atoms with Crippen LogP contribution in [0.2, 0.25) is 0 Å². The number of hydrogen-bond donors (Lipinski definition) is 2. The highest BCUT2D eigenvalue weighted by atomic mass is 79.9. The summed E-state index contributed by atoms with van der Waals surface area (Å²) in [7, 11) is 0. The van der Waals surface area contributed by atoms with Crippen LogP contribution >= 0.6 is 15.9 Å². The van der Waals surface area contributed by atoms with Crippen molar-refractivity contribution in [1.29, 1.82) is 0 Å². The molecule has 1 aromatic rings. The number of aliphatic carboxylic acids is 1. The molecule has 1 aliphatic rings. The Hall–Kier alpha value is -0.910. The van der Waals surface area contributed by atoms with Gasteiger partial charge in [-0.2, -0.15) is 0 Å². The van der Waals surface area contributed by atoms with Gasteiger partial charge < -0.3 is 9.84 Å². The Labute approximate surface area is 127 Å². The van der Waals surface area contributed by atoms with E-state index in [1.165, 1.54) is 0 Å². The van der Waals surface area contributed by atoms with Crippen molar-refractivity contribution in [1.82, 2.24) is 5.32 Å². The van der Waals surface area contributed by atoms with Crippen LogP contribution in [0.1, 0.15) is 31.7 Å². The molecule has 0 amide bonds. The lowest BCUT2D eigenvalue weighted by Gasteiger charge is -2.31. The molecule has 110 valence electrons. The number of hydrogen-bond acceptors (Lipinski definition) is 3. The topological polar surface area (TPSA) is 58.6 Å². The summed E-state index contributed by atoms with van der Waals surface area (Å²) >= 11 is 3.38. The van der Waals surface area contributed by atoms with Gasteiger partial charge in [0.25, 0.3) is 0 Å². The monoisotopic (exact) mass is 341 g/mol. The van der Waals surface area contributed by atoms with Gasteiger partial charge in [0.15, 0.2) is 0 Å². The molecule has 0 bridgehead atoms. The standard InChI is InChI=1S/C15H20BrNO3/c1-2-15(14(18)19,11-5-7-12(16)8-6-11)17-10-13-4-3-9-20-13/h5-8,13,17H,2-4,9-10H2,1H3,(H,18,19). The molecular weight excluding hydrogens is 322 g/mol. The van der Waals surface area contributed by atoms with Gasteiger partial charge in [0.05, 0.1) is 6.10 Å². The normalized spacial score (nSPS) is 21.6. The van der Waals surface area contributed by atoms with Crippen molar-refractivity contribution >= 4 is 21.9 Å². The van der Waals surface area contributed by atoms with Crippen LogP contribution in [0.15, 0.2) is 28.7 Å². The van der Waals surface area contributed by atoms with Gasteiger partial charge in [-0.05, 0) is 37.0 Å². The van der Waals surface area contributed by atoms with Crippen LogP contribution in [-0.4, -0.2) is 30.3 Å². The van der Waals surface area contributed by atoms with Crippen molar-refractivity contribution in [3.63, 3.8) is 0 Å². The molecule has 0 aliphatic carbocycles. The molecule has 2 N–H and O–H groups in total. The molecule has 0 saturated carbocycles. The summed E-state index contributed by atoms with van der Waals surface area (Å²) in [5.41, 5.74) is -0.277. The molecule has 2 atom stereocenters. The number of rotatable bonds is 6. The van der Waals surface area contributed by atoms with Crippen molar-refractivity contribution < 1.29 is 14.6 Å². The van der Waals surface area contributed by atoms with Gasteiger partial charge in [-0.1, -0.05) is 35.0 Å². The highest BCUT2D eigenvalue weighted by Gasteiger charge is 2.39. The number of carbonyl (C=O) groups is 1. The second kappa shape index (κ2) is 6.70. The molecule has 5 heteroatoms. The zero-order valence-electron chi connectivity index (χ0n) is 11.6. The van der Waals surface area contributed by atoms with Crippen molar-refractivity contribution in [3.8, 4) is 0 Å². The summed E-state index contributed by atoms with van der Waals surface area (Å²) in [6.07, 6.45) is 2.65. The average molecular weight is 342 g/mol. The first-order chi connectivity index (χ1) is 9.58. The third-order valence-electron chi connectivity index (χ3n) is 3.89. The van der Waals surface area contributed by atoms with Crippen molar-refractivity contribution in [2.45, 2.75) is 37.8 Å². The van der Waals surface area contributed by atoms with Gasteiger partial charge >= 0.3 is 5.97 Å². The van der Waals surface area contributed by atoms with E-state index in [0.29, 0.717) is 13.0 Å². The second-order valence-electron chi connectivity index (χ2n) is 5.09. The van der Waals surface area contributed by atoms with Gasteiger partial charge in [0.2, 0.25) is 0 Å². The maximum Gasteiger partial charge on any atom is 0.328 e. The van der Waals surface area contributed by atoms with E-state index in [1.807, 2.05) is 31.2 Å². The van der Waals surface area contributed by atoms with E-state index < -0.39 is 11.5 Å². The first-order valence-electron chi connectivity index (χ1n) is 6.94. The molecular formula is C15H20BrNO3. The number of benzene rings is 1. The van der Waals surface area contributed by atoms with Crippen molar-refractivity contribution in [2.75, 3.05) is 13.2 Å². The minimum absolute atomic E-state index is 0.121. The number of halogens is 1. The molecule has 20 heavy (non-hydrogen) atoms. The maximum atomic E-state index is 11.8. The Morgan fingerprint density at radius 1 is 1.50 bits per heavy atom. The Kier molecular flexibility index (Phi) is 5.18. The van der Waals surface area contributed by atoms with E-state index in [0.717, 1.165) is 29.5 Å². The zero-order chi connectivity index (χ0) is 14.6. The first kappa shape index (κ1) is 15.5. The lowest BCUT2D eigenvalue weighted by molar-refractivity contribution is -0.145. The van der Waals surface area contributed by atoms with E-state index >= 15 is 0 Å². The Morgan fingerprint density at radius 3 is 2.70 bits per heavy atom. The van der Waals surface area contributed by atoms with Crippen LogP contribution in [0.5, 0.6) is 0 Å². The summed E-state index contributed by atoms with van der Waals surface area (Å²) in [5, 5.41) is 12.9. The lowest BCUT2D eigenvalue weighted by atomic mass is 9.87. The van der Waals surface area contributed by atoms with Crippen molar-refractivity contribution in [3.05, 3.63) is 34.3 Å². The van der Waals surface area contributed by atoms with Crippen LogP contribution in [0, 0.1) is 0 Å². The average Bonchev–Trinajstić information content (AvgIpc) is 2.94. The fourth-order valence-corrected chi connectivity index (χ4v) is 2.87. The third kappa shape index (κ3) is 3.22. The first-order valence-corrected chi connectivity index (χ1v) is 7.74. The second-order valence-corrected chi connectivity index (χ2v) is 6.00. The predicted octanol–water partition coefficient (Wildman–Crippen LogP) is 2.91. The number of carboxylic acids is 1. The molecule has 4 nitrogen and oxygen atoms in total. The van der Waals surface area contributed by atoms with Gasteiger partial charge in [-0.3, -0.25) is 5.32 Å². The fourth-order valence-electron chi connectivity index (χ4n) is 2.61. The highest BCUT2D eigenvalue weighted by Crippen LogP contribution is 2.27. The summed E-state index contributed by atoms with van der Waals surface area (Å²) < 4.78 is 6.51. The van der Waals surface area contributed by atoms with E-state index in [-0.39, 0.29) is 6.10 Å². The summed E-state index contributed by atoms with van der Waals surface area (Å²) in [6, 6.07) is 7.45. The van der Waals surface area contributed by atoms with Crippen LogP contribution in [0.25, 0.3) is 0 Å². The van der Waals surface area contributed by atoms with E-state index in [1.54, 1.807) is 0 Å². The predicted molar refractivity (Wildman–Crippen MR) is 80.7 cm³/mol. The number of nitrogens with one attached hydrogen (secondary N) is 1. The minimum Gasteiger partial charge on any atom is -0.480 e. The highest BCUT2D eigenvalue weighted by molar-refractivity contribution is 9.10. The summed E-state index contributed by atoms with van der Waals surface area (Å²) in [5.74, 6) is -0.847. The molecule has 1 aromatic carbocycles. The number of carboxylic acid groups (broad SMARTS) is 1. The van der Waals surface area contributed by atoms with E-state index in [9.17, 15) is 9.90 Å². The van der Waals surface area contributed by atoms with Gasteiger partial charge in [0.1, 0.15) is 5.54 Å². The molecule has 2 rings (SSSR count). The molecule has 1 aliphatic heterocycles. The van der Waals surface area contributed by atoms with Crippen LogP contribution in [0.3, 0.4) is 0 Å². The number of ether oxygens (including phenoxy) is 1. The maximum absolute atomic E-state index is 11.8. The molecule has 0 aromatic heterocycles. The van der Waals surface area contributed by atoms with Crippen LogP contribution in [-0.2, 0) is 15.1 Å². The SMILES string of the molecule is CCC(NCC1CCCO1)(C(=O)O)c1ccc(Br)cc1. The van der Waals surface area contributed by atoms with Crippen LogP contribution in [0.4, 0.5) is 0 Å². The molecule has 1 fully saturated rings. The van der Waals surface area contributed by atoms with E-state index in [4.69, 9.17) is 4.74 Å². The molecule has 1 saturated heterocycles. The van der Waals surface area contributed by atoms with Gasteiger partial charge in [0, 0.05) is 17.6 Å². The molecule has 2 unspecified atom stereocenters. The molecule has 0 spiro atoms.